The lowest BCUT2D eigenvalue weighted by molar-refractivity contribution is 0.655. The zero-order chi connectivity index (χ0) is 13.8. The molecule has 2 heterocycles. The van der Waals surface area contributed by atoms with Crippen LogP contribution in [0.15, 0.2) is 61.2 Å². The summed E-state index contributed by atoms with van der Waals surface area (Å²) in [5.74, 6) is 0. The van der Waals surface area contributed by atoms with Crippen LogP contribution in [-0.2, 0) is 6.42 Å². The van der Waals surface area contributed by atoms with Crippen LogP contribution < -0.4 is 5.73 Å². The van der Waals surface area contributed by atoms with E-state index in [0.29, 0.717) is 0 Å². The van der Waals surface area contributed by atoms with Gasteiger partial charge in [0.1, 0.15) is 0 Å². The Hall–Kier alpha value is -2.26. The van der Waals surface area contributed by atoms with Crippen LogP contribution in [0.4, 0.5) is 0 Å². The van der Waals surface area contributed by atoms with Crippen LogP contribution in [0.1, 0.15) is 23.6 Å². The van der Waals surface area contributed by atoms with E-state index in [1.807, 2.05) is 49.1 Å². The summed E-state index contributed by atoms with van der Waals surface area (Å²) >= 11 is 0. The van der Waals surface area contributed by atoms with Gasteiger partial charge >= 0.3 is 0 Å². The second-order valence-corrected chi connectivity index (χ2v) is 4.94. The smallest absolute Gasteiger partial charge is 0.0346 e. The Bertz CT molecular complexity index is 689. The lowest BCUT2D eigenvalue weighted by atomic mass is 9.96. The second-order valence-electron chi connectivity index (χ2n) is 4.94. The van der Waals surface area contributed by atoms with Gasteiger partial charge in [-0.1, -0.05) is 18.2 Å². The maximum atomic E-state index is 6.37. The normalized spacial score (nSPS) is 12.4. The molecule has 0 aliphatic carbocycles. The molecule has 0 amide bonds. The van der Waals surface area contributed by atoms with E-state index < -0.39 is 0 Å². The molecule has 0 fully saturated rings. The number of fused-ring (bicyclic) bond motifs is 1. The van der Waals surface area contributed by atoms with Gasteiger partial charge in [-0.05, 0) is 47.6 Å². The standard InChI is InChI=1S/C17H17N3/c18-17(5-4-13-6-9-19-10-7-13)16-3-1-2-14-12-20-11-8-15(14)16/h1-3,6-12,17H,4-5,18H2. The van der Waals surface area contributed by atoms with Gasteiger partial charge in [0.15, 0.2) is 0 Å². The quantitative estimate of drug-likeness (QED) is 0.786. The van der Waals surface area contributed by atoms with Gasteiger partial charge in [0.25, 0.3) is 0 Å². The van der Waals surface area contributed by atoms with Crippen molar-refractivity contribution in [2.75, 3.05) is 0 Å². The summed E-state index contributed by atoms with van der Waals surface area (Å²) in [6.45, 7) is 0. The van der Waals surface area contributed by atoms with Crippen molar-refractivity contribution in [1.82, 2.24) is 9.97 Å². The second kappa shape index (κ2) is 5.80. The van der Waals surface area contributed by atoms with Gasteiger partial charge in [0.2, 0.25) is 0 Å². The maximum absolute atomic E-state index is 6.37. The molecular weight excluding hydrogens is 246 g/mol. The van der Waals surface area contributed by atoms with Gasteiger partial charge < -0.3 is 5.73 Å². The minimum absolute atomic E-state index is 0.0364. The number of nitrogens with two attached hydrogens (primary N) is 1. The predicted molar refractivity (Wildman–Crippen MR) is 81.2 cm³/mol. The van der Waals surface area contributed by atoms with Crippen LogP contribution in [-0.4, -0.2) is 9.97 Å². The Morgan fingerprint density at radius 1 is 0.950 bits per heavy atom. The molecule has 3 rings (SSSR count). The summed E-state index contributed by atoms with van der Waals surface area (Å²) in [6.07, 6.45) is 9.24. The molecule has 1 aromatic carbocycles. The Morgan fingerprint density at radius 2 is 1.75 bits per heavy atom. The average molecular weight is 263 g/mol. The highest BCUT2D eigenvalue weighted by atomic mass is 14.6. The molecule has 0 spiro atoms. The third kappa shape index (κ3) is 2.68. The van der Waals surface area contributed by atoms with Crippen LogP contribution >= 0.6 is 0 Å². The lowest BCUT2D eigenvalue weighted by Gasteiger charge is -2.14. The van der Waals surface area contributed by atoms with Crippen LogP contribution in [0, 0.1) is 0 Å². The molecule has 0 aliphatic heterocycles. The number of nitrogens with zero attached hydrogens (tertiary/aromatic N) is 2. The molecule has 0 radical (unpaired) electrons. The summed E-state index contributed by atoms with van der Waals surface area (Å²) < 4.78 is 0. The highest BCUT2D eigenvalue weighted by Gasteiger charge is 2.09. The molecule has 1 unspecified atom stereocenters. The molecule has 1 atom stereocenters. The van der Waals surface area contributed by atoms with Gasteiger partial charge in [-0.15, -0.1) is 0 Å². The third-order valence-electron chi connectivity index (χ3n) is 3.61. The molecule has 0 aliphatic rings. The number of aromatic nitrogens is 2. The summed E-state index contributed by atoms with van der Waals surface area (Å²) in [5, 5.41) is 2.34. The van der Waals surface area contributed by atoms with E-state index in [9.17, 15) is 0 Å². The highest BCUT2D eigenvalue weighted by Crippen LogP contribution is 2.25. The zero-order valence-corrected chi connectivity index (χ0v) is 11.2. The molecule has 100 valence electrons. The van der Waals surface area contributed by atoms with E-state index in [2.05, 4.69) is 22.1 Å². The Labute approximate surface area is 118 Å². The Morgan fingerprint density at radius 3 is 2.60 bits per heavy atom. The van der Waals surface area contributed by atoms with Crippen LogP contribution in [0.25, 0.3) is 10.8 Å². The zero-order valence-electron chi connectivity index (χ0n) is 11.2. The molecule has 2 N–H and O–H groups in total. The SMILES string of the molecule is NC(CCc1ccncc1)c1cccc2cnccc12. The van der Waals surface area contributed by atoms with E-state index in [1.54, 1.807) is 0 Å². The van der Waals surface area contributed by atoms with E-state index in [-0.39, 0.29) is 6.04 Å². The fraction of sp³-hybridized carbons (Fsp3) is 0.176. The lowest BCUT2D eigenvalue weighted by Crippen LogP contribution is -2.11. The summed E-state index contributed by atoms with van der Waals surface area (Å²) in [5.41, 5.74) is 8.84. The number of rotatable bonds is 4. The maximum Gasteiger partial charge on any atom is 0.0346 e. The number of hydrogen-bond acceptors (Lipinski definition) is 3. The Kier molecular flexibility index (Phi) is 3.70. The van der Waals surface area contributed by atoms with Gasteiger partial charge in [-0.2, -0.15) is 0 Å². The first-order valence-corrected chi connectivity index (χ1v) is 6.82. The summed E-state index contributed by atoms with van der Waals surface area (Å²) in [4.78, 5) is 8.19. The van der Waals surface area contributed by atoms with Crippen molar-refractivity contribution in [1.29, 1.82) is 0 Å². The molecule has 2 aromatic heterocycles. The van der Waals surface area contributed by atoms with Crippen molar-refractivity contribution in [2.24, 2.45) is 5.73 Å². The number of hydrogen-bond donors (Lipinski definition) is 1. The van der Waals surface area contributed by atoms with Gasteiger partial charge in [0.05, 0.1) is 0 Å². The minimum atomic E-state index is 0.0364. The van der Waals surface area contributed by atoms with Gasteiger partial charge in [-0.25, -0.2) is 0 Å². The fourth-order valence-electron chi connectivity index (χ4n) is 2.50. The average Bonchev–Trinajstić information content (AvgIpc) is 2.53. The van der Waals surface area contributed by atoms with E-state index in [1.165, 1.54) is 16.5 Å². The van der Waals surface area contributed by atoms with Crippen LogP contribution in [0.3, 0.4) is 0 Å². The minimum Gasteiger partial charge on any atom is -0.324 e. The van der Waals surface area contributed by atoms with Crippen LogP contribution in [0.2, 0.25) is 0 Å². The molecule has 3 heteroatoms. The van der Waals surface area contributed by atoms with Crippen molar-refractivity contribution in [3.8, 4) is 0 Å². The predicted octanol–water partition coefficient (Wildman–Crippen LogP) is 3.26. The van der Waals surface area contributed by atoms with Crippen LogP contribution in [0.5, 0.6) is 0 Å². The van der Waals surface area contributed by atoms with E-state index in [4.69, 9.17) is 5.73 Å². The number of aryl methyl sites for hydroxylation is 1. The van der Waals surface area contributed by atoms with Gasteiger partial charge in [0, 0.05) is 36.2 Å². The number of pyridine rings is 2. The van der Waals surface area contributed by atoms with Crippen molar-refractivity contribution >= 4 is 10.8 Å². The van der Waals surface area contributed by atoms with Crippen molar-refractivity contribution in [3.63, 3.8) is 0 Å². The molecule has 0 saturated carbocycles. The molecule has 3 aromatic rings. The summed E-state index contributed by atoms with van der Waals surface area (Å²) in [7, 11) is 0. The topological polar surface area (TPSA) is 51.8 Å². The van der Waals surface area contributed by atoms with E-state index >= 15 is 0 Å². The fourth-order valence-corrected chi connectivity index (χ4v) is 2.50. The Balaban J connectivity index is 1.80. The third-order valence-corrected chi connectivity index (χ3v) is 3.61. The van der Waals surface area contributed by atoms with Crippen molar-refractivity contribution in [3.05, 3.63) is 72.3 Å². The van der Waals surface area contributed by atoms with Crippen molar-refractivity contribution < 1.29 is 0 Å². The van der Waals surface area contributed by atoms with Crippen molar-refractivity contribution in [2.45, 2.75) is 18.9 Å². The van der Waals surface area contributed by atoms with E-state index in [0.717, 1.165) is 18.2 Å². The largest absolute Gasteiger partial charge is 0.324 e. The molecule has 20 heavy (non-hydrogen) atoms. The van der Waals surface area contributed by atoms with Gasteiger partial charge in [-0.3, -0.25) is 9.97 Å². The highest BCUT2D eigenvalue weighted by molar-refractivity contribution is 5.85. The first-order valence-electron chi connectivity index (χ1n) is 6.82. The molecule has 0 bridgehead atoms. The monoisotopic (exact) mass is 263 g/mol. The molecule has 3 nitrogen and oxygen atoms in total. The number of benzene rings is 1. The first-order chi connectivity index (χ1) is 9.84. The first kappa shape index (κ1) is 12.8. The molecule has 0 saturated heterocycles. The summed E-state index contributed by atoms with van der Waals surface area (Å²) in [6, 6.07) is 12.4. The molecular formula is C17H17N3.